The molecule has 43 heavy (non-hydrogen) atoms. The topological polar surface area (TPSA) is 12.0 Å². The molecule has 4 aliphatic rings. The Morgan fingerprint density at radius 2 is 1.33 bits per heavy atom. The normalized spacial score (nSPS) is 19.8. The van der Waals surface area contributed by atoms with Crippen LogP contribution in [0.3, 0.4) is 0 Å². The molecule has 0 spiro atoms. The Kier molecular flexibility index (Phi) is 7.80. The summed E-state index contributed by atoms with van der Waals surface area (Å²) in [6.07, 6.45) is 27.7. The number of hydrogen-bond donors (Lipinski definition) is 1. The van der Waals surface area contributed by atoms with E-state index in [-0.39, 0.29) is 0 Å². The fraction of sp³-hybridized carbons (Fsp3) is 0.190. The van der Waals surface area contributed by atoms with E-state index >= 15 is 0 Å². The van der Waals surface area contributed by atoms with Crippen molar-refractivity contribution in [1.82, 2.24) is 5.32 Å². The minimum atomic E-state index is 0.301. The van der Waals surface area contributed by atoms with Gasteiger partial charge in [0.1, 0.15) is 0 Å². The van der Waals surface area contributed by atoms with E-state index in [0.717, 1.165) is 38.6 Å². The summed E-state index contributed by atoms with van der Waals surface area (Å²) in [6.45, 7) is 2.97. The van der Waals surface area contributed by atoms with Gasteiger partial charge < -0.3 is 5.32 Å². The molecule has 3 aromatic rings. The first-order valence-corrected chi connectivity index (χ1v) is 15.8. The summed E-state index contributed by atoms with van der Waals surface area (Å²) in [5.74, 6) is 0.301. The number of rotatable bonds is 6. The van der Waals surface area contributed by atoms with E-state index in [1.165, 1.54) is 60.0 Å². The van der Waals surface area contributed by atoms with Gasteiger partial charge in [0.15, 0.2) is 0 Å². The Balaban J connectivity index is 1.47. The fourth-order valence-electron chi connectivity index (χ4n) is 7.25. The smallest absolute Gasteiger partial charge is 0.0416 e. The molecule has 0 aromatic heterocycles. The second kappa shape index (κ2) is 12.3. The van der Waals surface area contributed by atoms with Crippen LogP contribution in [0.2, 0.25) is 0 Å². The van der Waals surface area contributed by atoms with Crippen molar-refractivity contribution >= 4 is 28.0 Å². The SMILES string of the molecule is C/C=C\C=C/C1CC(c2ccc(C3=CC=CCN3)cc2)=c2ccccc2=C1C1=c2ccccc2=C(C2=CC=CCC2)CC1. The van der Waals surface area contributed by atoms with Gasteiger partial charge in [-0.1, -0.05) is 127 Å². The molecule has 0 fully saturated rings. The van der Waals surface area contributed by atoms with Crippen LogP contribution in [-0.4, -0.2) is 6.54 Å². The van der Waals surface area contributed by atoms with E-state index in [1.54, 1.807) is 5.57 Å². The van der Waals surface area contributed by atoms with Crippen molar-refractivity contribution < 1.29 is 0 Å². The molecule has 1 heterocycles. The van der Waals surface area contributed by atoms with Gasteiger partial charge in [-0.15, -0.1) is 0 Å². The summed E-state index contributed by atoms with van der Waals surface area (Å²) in [7, 11) is 0. The summed E-state index contributed by atoms with van der Waals surface area (Å²) in [6, 6.07) is 27.5. The van der Waals surface area contributed by atoms with Crippen molar-refractivity contribution in [2.75, 3.05) is 6.54 Å². The Morgan fingerprint density at radius 1 is 0.651 bits per heavy atom. The Hall–Kier alpha value is -4.62. The van der Waals surface area contributed by atoms with E-state index in [2.05, 4.69) is 146 Å². The van der Waals surface area contributed by atoms with Crippen LogP contribution in [0.1, 0.15) is 50.2 Å². The number of nitrogens with one attached hydrogen (secondary N) is 1. The molecule has 1 nitrogen and oxygen atoms in total. The van der Waals surface area contributed by atoms with E-state index < -0.39 is 0 Å². The lowest BCUT2D eigenvalue weighted by atomic mass is 9.75. The molecule has 0 bridgehead atoms. The highest BCUT2D eigenvalue weighted by molar-refractivity contribution is 5.94. The third kappa shape index (κ3) is 5.37. The van der Waals surface area contributed by atoms with Gasteiger partial charge in [0, 0.05) is 18.2 Å². The first-order valence-electron chi connectivity index (χ1n) is 15.8. The van der Waals surface area contributed by atoms with Crippen molar-refractivity contribution in [1.29, 1.82) is 0 Å². The molecule has 3 aliphatic carbocycles. The molecule has 1 unspecified atom stereocenters. The van der Waals surface area contributed by atoms with Gasteiger partial charge in [-0.25, -0.2) is 0 Å². The number of benzene rings is 3. The molecule has 1 aliphatic heterocycles. The summed E-state index contributed by atoms with van der Waals surface area (Å²) in [4.78, 5) is 0. The Morgan fingerprint density at radius 3 is 2.02 bits per heavy atom. The average Bonchev–Trinajstić information content (AvgIpc) is 3.08. The molecule has 7 rings (SSSR count). The Bertz CT molecular complexity index is 1990. The third-order valence-electron chi connectivity index (χ3n) is 9.27. The molecule has 1 heteroatoms. The maximum absolute atomic E-state index is 3.50. The van der Waals surface area contributed by atoms with E-state index in [1.807, 2.05) is 0 Å². The maximum Gasteiger partial charge on any atom is 0.0416 e. The highest BCUT2D eigenvalue weighted by Crippen LogP contribution is 2.37. The predicted octanol–water partition coefficient (Wildman–Crippen LogP) is 6.76. The number of fused-ring (bicyclic) bond motifs is 2. The molecule has 3 aromatic carbocycles. The van der Waals surface area contributed by atoms with Crippen LogP contribution in [0.5, 0.6) is 0 Å². The van der Waals surface area contributed by atoms with Gasteiger partial charge >= 0.3 is 0 Å². The Labute approximate surface area is 255 Å². The predicted molar refractivity (Wildman–Crippen MR) is 183 cm³/mol. The third-order valence-corrected chi connectivity index (χ3v) is 9.27. The van der Waals surface area contributed by atoms with Crippen LogP contribution >= 0.6 is 0 Å². The van der Waals surface area contributed by atoms with Crippen LogP contribution in [0.25, 0.3) is 28.0 Å². The number of hydrogen-bond acceptors (Lipinski definition) is 1. The standard InChI is InChI=1S/C42H39N/c1-2-3-5-16-33-29-40(31-22-24-32(25-23-31)41-21-12-13-28-43-41)37-19-10-11-20-38(37)42(33)39-27-26-34(30-14-6-4-7-15-30)35-17-8-9-18-36(35)39/h2-6,8-14,16-25,33,43H,7,15,26-29H2,1H3/b3-2-,16-5-. The molecule has 1 N–H and O–H groups in total. The molecule has 0 saturated heterocycles. The number of allylic oxidation sites excluding steroid dienone is 10. The van der Waals surface area contributed by atoms with Crippen LogP contribution in [-0.2, 0) is 0 Å². The van der Waals surface area contributed by atoms with E-state index in [4.69, 9.17) is 0 Å². The zero-order valence-corrected chi connectivity index (χ0v) is 25.0. The lowest BCUT2D eigenvalue weighted by molar-refractivity contribution is 0.841. The van der Waals surface area contributed by atoms with Gasteiger partial charge in [0.2, 0.25) is 0 Å². The minimum absolute atomic E-state index is 0.301. The molecule has 0 amide bonds. The summed E-state index contributed by atoms with van der Waals surface area (Å²) in [5.41, 5.74) is 11.3. The summed E-state index contributed by atoms with van der Waals surface area (Å²) < 4.78 is 0. The molecule has 212 valence electrons. The average molecular weight is 558 g/mol. The largest absolute Gasteiger partial charge is 0.381 e. The molecule has 1 atom stereocenters. The number of dihydropyridines is 1. The summed E-state index contributed by atoms with van der Waals surface area (Å²) in [5, 5.41) is 9.11. The van der Waals surface area contributed by atoms with Crippen molar-refractivity contribution in [3.05, 3.63) is 171 Å². The fourth-order valence-corrected chi connectivity index (χ4v) is 7.25. The second-order valence-corrected chi connectivity index (χ2v) is 11.8. The molecular formula is C42H39N. The van der Waals surface area contributed by atoms with Gasteiger partial charge in [-0.3, -0.25) is 0 Å². The molecule has 0 radical (unpaired) electrons. The quantitative estimate of drug-likeness (QED) is 0.330. The van der Waals surface area contributed by atoms with Crippen LogP contribution in [0.15, 0.2) is 139 Å². The van der Waals surface area contributed by atoms with Gasteiger partial charge in [-0.05, 0) is 105 Å². The van der Waals surface area contributed by atoms with E-state index in [9.17, 15) is 0 Å². The van der Waals surface area contributed by atoms with Crippen molar-refractivity contribution in [3.63, 3.8) is 0 Å². The first kappa shape index (κ1) is 27.2. The van der Waals surface area contributed by atoms with Crippen LogP contribution < -0.4 is 26.2 Å². The van der Waals surface area contributed by atoms with Crippen LogP contribution in [0.4, 0.5) is 0 Å². The molecular weight excluding hydrogens is 518 g/mol. The van der Waals surface area contributed by atoms with Crippen molar-refractivity contribution in [2.24, 2.45) is 5.92 Å². The van der Waals surface area contributed by atoms with Crippen LogP contribution in [0, 0.1) is 5.92 Å². The highest BCUT2D eigenvalue weighted by Gasteiger charge is 2.26. The molecule has 0 saturated carbocycles. The van der Waals surface area contributed by atoms with Gasteiger partial charge in [0.25, 0.3) is 0 Å². The van der Waals surface area contributed by atoms with Crippen molar-refractivity contribution in [2.45, 2.75) is 39.0 Å². The maximum atomic E-state index is 3.50. The highest BCUT2D eigenvalue weighted by atomic mass is 14.9. The van der Waals surface area contributed by atoms with E-state index in [0.29, 0.717) is 5.92 Å². The van der Waals surface area contributed by atoms with Gasteiger partial charge in [0.05, 0.1) is 0 Å². The lowest BCUT2D eigenvalue weighted by Gasteiger charge is -2.29. The van der Waals surface area contributed by atoms with Gasteiger partial charge in [-0.2, -0.15) is 0 Å². The van der Waals surface area contributed by atoms with Crippen molar-refractivity contribution in [3.8, 4) is 0 Å². The second-order valence-electron chi connectivity index (χ2n) is 11.8. The monoisotopic (exact) mass is 557 g/mol. The zero-order valence-electron chi connectivity index (χ0n) is 25.0. The minimum Gasteiger partial charge on any atom is -0.381 e. The first-order chi connectivity index (χ1) is 21.3. The summed E-state index contributed by atoms with van der Waals surface area (Å²) >= 11 is 0. The zero-order chi connectivity index (χ0) is 29.0. The lowest BCUT2D eigenvalue weighted by Crippen LogP contribution is -2.39.